The van der Waals surface area contributed by atoms with E-state index < -0.39 is 156 Å². The molecule has 32 nitrogen and oxygen atoms in total. The maximum Gasteiger partial charge on any atom is 0.327 e. The van der Waals surface area contributed by atoms with Gasteiger partial charge >= 0.3 is 17.9 Å². The second kappa shape index (κ2) is 32.7. The smallest absolute Gasteiger partial charge is 0.327 e. The summed E-state index contributed by atoms with van der Waals surface area (Å²) in [5, 5.41) is 78.7. The summed E-state index contributed by atoms with van der Waals surface area (Å²) >= 11 is 0. The number of aliphatic hydroxyl groups is 2. The molecule has 0 spiro atoms. The number of benzene rings is 3. The highest BCUT2D eigenvalue weighted by atomic mass is 33.1. The van der Waals surface area contributed by atoms with E-state index in [1.54, 1.807) is 32.9 Å². The van der Waals surface area contributed by atoms with E-state index in [9.17, 15) is 73.8 Å². The Hall–Kier alpha value is -8.71. The molecule has 3 aliphatic heterocycles. The number of phenolic OH excluding ortho intramolecular Hbond substituents is 2. The average Bonchev–Trinajstić information content (AvgIpc) is 0.711. The molecule has 10 rings (SSSR count). The third kappa shape index (κ3) is 17.2. The van der Waals surface area contributed by atoms with E-state index in [-0.39, 0.29) is 119 Å². The number of carbonyl (C=O) groups is 8. The molecule has 0 saturated carbocycles. The minimum absolute atomic E-state index is 0.00569. The number of hydrogen-bond donors (Lipinski definition) is 12. The number of nitrogen functional groups attached to an aromatic ring is 1. The van der Waals surface area contributed by atoms with E-state index >= 15 is 0 Å². The Morgan fingerprint density at radius 3 is 2.27 bits per heavy atom. The molecule has 0 bridgehead atoms. The largest absolute Gasteiger partial charge is 0.507 e. The van der Waals surface area contributed by atoms with Gasteiger partial charge in [-0.05, 0) is 121 Å². The average molecular weight is 1450 g/mol. The zero-order valence-electron chi connectivity index (χ0n) is 56.9. The number of aliphatic carboxylic acids is 2. The molecule has 102 heavy (non-hydrogen) atoms. The van der Waals surface area contributed by atoms with Gasteiger partial charge in [-0.1, -0.05) is 40.6 Å². The number of phenols is 2. The maximum absolute atomic E-state index is 14.1. The monoisotopic (exact) mass is 1450 g/mol. The number of H-pyrrole nitrogens is 1. The van der Waals surface area contributed by atoms with Gasteiger partial charge in [-0.2, -0.15) is 10.1 Å². The van der Waals surface area contributed by atoms with Crippen molar-refractivity contribution in [1.82, 2.24) is 40.9 Å². The first kappa shape index (κ1) is 75.9. The summed E-state index contributed by atoms with van der Waals surface area (Å²) in [7, 11) is 7.27. The van der Waals surface area contributed by atoms with Crippen LogP contribution >= 0.6 is 21.6 Å². The molecule has 4 unspecified atom stereocenters. The highest BCUT2D eigenvalue weighted by Gasteiger charge is 2.53. The lowest BCUT2D eigenvalue weighted by Crippen LogP contribution is -2.58. The van der Waals surface area contributed by atoms with Gasteiger partial charge in [-0.3, -0.25) is 38.5 Å². The zero-order valence-corrected chi connectivity index (χ0v) is 58.5. The minimum atomic E-state index is -1.69. The van der Waals surface area contributed by atoms with Crippen LogP contribution < -0.4 is 32.7 Å². The van der Waals surface area contributed by atoms with Crippen molar-refractivity contribution in [1.29, 1.82) is 0 Å². The van der Waals surface area contributed by atoms with Crippen molar-refractivity contribution in [3.05, 3.63) is 110 Å². The number of carboxylic acids is 2. The fourth-order valence-electron chi connectivity index (χ4n) is 13.7. The second-order valence-electron chi connectivity index (χ2n) is 26.1. The number of carbonyl (C=O) groups excluding carboxylic acids is 6. The number of aromatic nitrogens is 4. The quantitative estimate of drug-likeness (QED) is 0.0151. The van der Waals surface area contributed by atoms with E-state index in [0.29, 0.717) is 36.4 Å². The van der Waals surface area contributed by atoms with Crippen molar-refractivity contribution in [3.8, 4) is 11.5 Å². The number of fused-ring (bicyclic) bond motifs is 4. The first-order chi connectivity index (χ1) is 48.6. The van der Waals surface area contributed by atoms with Crippen molar-refractivity contribution >= 4 is 97.3 Å². The van der Waals surface area contributed by atoms with Crippen LogP contribution in [0.5, 0.6) is 11.5 Å². The standard InChI is InChI=1S/C68H83N11O21S2/c1-8-68(94)26-34(51-39(54(68)66(93)95-7)24-40-53(57(51)85)58(86)52-38(56(40)84)10-9-11-45(52)80)22-37-23-44(79(5)6)59(31(3)96-37)100-50-25-46(81)60(32(4)98-50)99-49-19-17-41(30(2)97-49)77-78-48(83)20-21-101-102-29-43(65(91)92)73-47(82)18-16-42(64(89)90)74-62(87)33-12-14-35(15-13-33)70-27-36-28-71-61-55(72-36)63(88)76-67(69)75-61/h9-15,24,28,30-32,34,37,42-44,46,49-50,54,59-60,70,80-81,85,94H,8,16-23,25-27,29H2,1-7H3,(H,73,82)(H,74,87)(H,78,83)(H,89,90)(H,91,92)(H3,69,71,75,76,88)/b77-41-/t30?,31?,32?,34-,37-,42-,43?,44-,46-,49-,50-,54-,59-,60-,68+/m0/s1. The van der Waals surface area contributed by atoms with Crippen LogP contribution in [0.2, 0.25) is 0 Å². The predicted molar refractivity (Wildman–Crippen MR) is 369 cm³/mol. The van der Waals surface area contributed by atoms with Crippen molar-refractivity contribution < 1.29 is 97.4 Å². The number of aromatic amines is 1. The SMILES string of the molecule is CC[C@@]1(O)C[C@H](C[C@H]2C[C@H](N(C)C)[C@@H](O[C@H]3C[C@H](O)[C@@H](O[C@H]4CC/C(=N/NC(=O)CCSSCC(NC(=O)CC[C@H](NC(=O)c5ccc(NCc6cnc7nc(N)[nH]c(=O)c7n6)cc5)C(=O)O)C(=O)O)C(C)O4)C(C)O3)C(C)O2)c2c(cc3c(c2O)C(=O)c2c(O)cccc2C3=O)[C@H]1C(=O)OC. The van der Waals surface area contributed by atoms with Crippen LogP contribution in [0.25, 0.3) is 11.2 Å². The minimum Gasteiger partial charge on any atom is -0.507 e. The van der Waals surface area contributed by atoms with Crippen molar-refractivity contribution in [2.24, 2.45) is 5.10 Å². The number of hydrogen-bond acceptors (Lipinski definition) is 28. The second-order valence-corrected chi connectivity index (χ2v) is 28.7. The summed E-state index contributed by atoms with van der Waals surface area (Å²) in [5.41, 5.74) is 7.18. The lowest BCUT2D eigenvalue weighted by molar-refractivity contribution is -0.311. The van der Waals surface area contributed by atoms with Gasteiger partial charge in [0.15, 0.2) is 29.5 Å². The van der Waals surface area contributed by atoms with E-state index in [1.807, 2.05) is 25.9 Å². The molecule has 548 valence electrons. The van der Waals surface area contributed by atoms with E-state index in [1.165, 1.54) is 60.5 Å². The summed E-state index contributed by atoms with van der Waals surface area (Å²) in [4.78, 5) is 134. The fraction of sp³-hybridized carbons (Fsp3) is 0.515. The Kier molecular flexibility index (Phi) is 24.4. The topological polar surface area (TPSA) is 475 Å². The molecule has 3 saturated heterocycles. The van der Waals surface area contributed by atoms with E-state index in [4.69, 9.17) is 34.2 Å². The fourth-order valence-corrected chi connectivity index (χ4v) is 15.9. The van der Waals surface area contributed by atoms with Gasteiger partial charge in [0.25, 0.3) is 11.5 Å². The molecule has 13 N–H and O–H groups in total. The number of anilines is 2. The van der Waals surface area contributed by atoms with Crippen LogP contribution in [0.4, 0.5) is 11.6 Å². The molecule has 2 aliphatic carbocycles. The number of esters is 1. The number of aromatic hydroxyl groups is 2. The number of nitrogens with zero attached hydrogens (tertiary/aromatic N) is 5. The van der Waals surface area contributed by atoms with Crippen LogP contribution in [0, 0.1) is 0 Å². The molecule has 3 aromatic carbocycles. The van der Waals surface area contributed by atoms with Gasteiger partial charge in [-0.15, -0.1) is 0 Å². The Morgan fingerprint density at radius 1 is 0.863 bits per heavy atom. The Morgan fingerprint density at radius 2 is 1.59 bits per heavy atom. The van der Waals surface area contributed by atoms with Gasteiger partial charge in [-0.25, -0.2) is 25.0 Å². The molecular formula is C68H83N11O21S2. The number of methoxy groups -OCH3 is 1. The van der Waals surface area contributed by atoms with Crippen LogP contribution in [-0.2, 0) is 58.9 Å². The molecule has 5 aromatic rings. The molecule has 0 radical (unpaired) electrons. The molecule has 2 aromatic heterocycles. The van der Waals surface area contributed by atoms with Gasteiger partial charge in [0.2, 0.25) is 23.5 Å². The van der Waals surface area contributed by atoms with Gasteiger partial charge in [0.05, 0.1) is 78.5 Å². The summed E-state index contributed by atoms with van der Waals surface area (Å²) in [6.07, 6.45) is -4.36. The van der Waals surface area contributed by atoms with Crippen molar-refractivity contribution in [2.75, 3.05) is 43.8 Å². The van der Waals surface area contributed by atoms with Crippen LogP contribution in [0.3, 0.4) is 0 Å². The number of amides is 3. The number of nitrogens with one attached hydrogen (secondary N) is 5. The first-order valence-corrected chi connectivity index (χ1v) is 35.8. The summed E-state index contributed by atoms with van der Waals surface area (Å²) < 4.78 is 37.4. The molecule has 3 amide bonds. The number of ether oxygens (including phenoxy) is 6. The lowest BCUT2D eigenvalue weighted by atomic mass is 9.63. The van der Waals surface area contributed by atoms with Crippen molar-refractivity contribution in [2.45, 2.75) is 189 Å². The third-order valence-corrected chi connectivity index (χ3v) is 21.4. The molecule has 34 heteroatoms. The molecular weight excluding hydrogens is 1370 g/mol. The molecule has 15 atom stereocenters. The number of hydrazone groups is 1. The normalized spacial score (nSPS) is 26.4. The molecule has 3 fully saturated rings. The number of nitrogens with two attached hydrogens (primary N) is 1. The number of likely N-dealkylation sites (N-methyl/N-ethyl adjacent to an activating group) is 1. The van der Waals surface area contributed by atoms with Crippen LogP contribution in [0.1, 0.15) is 163 Å². The highest BCUT2D eigenvalue weighted by molar-refractivity contribution is 8.76. The summed E-state index contributed by atoms with van der Waals surface area (Å²) in [6.45, 7) is 7.24. The van der Waals surface area contributed by atoms with E-state index in [2.05, 4.69) is 46.4 Å². The predicted octanol–water partition coefficient (Wildman–Crippen LogP) is 3.74. The Balaban J connectivity index is 0.636. The Labute approximate surface area is 592 Å². The number of rotatable bonds is 27. The maximum atomic E-state index is 14.1. The summed E-state index contributed by atoms with van der Waals surface area (Å²) in [6, 6.07) is 8.40. The van der Waals surface area contributed by atoms with Gasteiger partial charge < -0.3 is 85.6 Å². The first-order valence-electron chi connectivity index (χ1n) is 33.3. The Bertz CT molecular complexity index is 4100. The lowest BCUT2D eigenvalue weighted by Gasteiger charge is -2.48. The zero-order chi connectivity index (χ0) is 73.6. The van der Waals surface area contributed by atoms with Crippen LogP contribution in [-0.4, -0.2) is 220 Å². The van der Waals surface area contributed by atoms with Gasteiger partial charge in [0, 0.05) is 71.2 Å². The van der Waals surface area contributed by atoms with Crippen molar-refractivity contribution in [3.63, 3.8) is 0 Å². The number of ketones is 2. The third-order valence-electron chi connectivity index (χ3n) is 19.0. The summed E-state index contributed by atoms with van der Waals surface area (Å²) in [5.74, 6) is -9.74. The number of aliphatic hydroxyl groups excluding tert-OH is 1. The van der Waals surface area contributed by atoms with Crippen LogP contribution in [0.15, 0.2) is 64.6 Å². The van der Waals surface area contributed by atoms with E-state index in [0.717, 1.165) is 10.8 Å². The molecule has 5 heterocycles. The highest BCUT2D eigenvalue weighted by Crippen LogP contribution is 2.55. The number of carboxylic acid groups (broad SMARTS) is 2. The van der Waals surface area contributed by atoms with Gasteiger partial charge in [0.1, 0.15) is 41.7 Å². The molecule has 5 aliphatic rings.